The molecular formula is C17H18BrNO2. The second-order valence-corrected chi connectivity index (χ2v) is 5.98. The quantitative estimate of drug-likeness (QED) is 0.914. The van der Waals surface area contributed by atoms with Gasteiger partial charge < -0.3 is 14.8 Å². The maximum Gasteiger partial charge on any atom is 0.133 e. The average molecular weight is 348 g/mol. The van der Waals surface area contributed by atoms with Gasteiger partial charge >= 0.3 is 0 Å². The molecule has 0 fully saturated rings. The molecule has 4 heteroatoms. The Kier molecular flexibility index (Phi) is 4.17. The van der Waals surface area contributed by atoms with Crippen LogP contribution >= 0.6 is 15.9 Å². The Balaban J connectivity index is 1.85. The molecule has 0 aliphatic carbocycles. The number of methoxy groups -OCH3 is 1. The van der Waals surface area contributed by atoms with E-state index in [2.05, 4.69) is 45.5 Å². The lowest BCUT2D eigenvalue weighted by Gasteiger charge is -2.23. The highest BCUT2D eigenvalue weighted by atomic mass is 79.9. The summed E-state index contributed by atoms with van der Waals surface area (Å²) in [4.78, 5) is 0. The Hall–Kier alpha value is -1.52. The van der Waals surface area contributed by atoms with Crippen LogP contribution < -0.4 is 14.8 Å². The molecule has 1 heterocycles. The van der Waals surface area contributed by atoms with Crippen molar-refractivity contribution in [2.24, 2.45) is 0 Å². The van der Waals surface area contributed by atoms with Gasteiger partial charge in [0.25, 0.3) is 0 Å². The highest BCUT2D eigenvalue weighted by Gasteiger charge is 2.30. The molecule has 1 aliphatic rings. The number of para-hydroxylation sites is 1. The van der Waals surface area contributed by atoms with Gasteiger partial charge in [-0.25, -0.2) is 0 Å². The molecule has 1 aliphatic heterocycles. The lowest BCUT2D eigenvalue weighted by Crippen LogP contribution is -2.32. The van der Waals surface area contributed by atoms with Gasteiger partial charge in [-0.2, -0.15) is 0 Å². The van der Waals surface area contributed by atoms with E-state index in [0.717, 1.165) is 22.4 Å². The highest BCUT2D eigenvalue weighted by Crippen LogP contribution is 2.35. The summed E-state index contributed by atoms with van der Waals surface area (Å²) in [5.74, 6) is 1.83. The lowest BCUT2D eigenvalue weighted by molar-refractivity contribution is 0.183. The van der Waals surface area contributed by atoms with Crippen molar-refractivity contribution in [2.75, 3.05) is 14.2 Å². The number of fused-ring (bicyclic) bond motifs is 1. The number of hydrogen-bond acceptors (Lipinski definition) is 3. The van der Waals surface area contributed by atoms with E-state index in [9.17, 15) is 0 Å². The Morgan fingerprint density at radius 3 is 2.76 bits per heavy atom. The van der Waals surface area contributed by atoms with Crippen LogP contribution in [0.1, 0.15) is 17.2 Å². The van der Waals surface area contributed by atoms with Crippen molar-refractivity contribution in [3.63, 3.8) is 0 Å². The minimum atomic E-state index is 0.104. The summed E-state index contributed by atoms with van der Waals surface area (Å²) in [5, 5.41) is 3.37. The molecule has 0 spiro atoms. The molecule has 0 saturated carbocycles. The number of nitrogens with one attached hydrogen (secondary N) is 1. The molecule has 0 saturated heterocycles. The Bertz CT molecular complexity index is 619. The largest absolute Gasteiger partial charge is 0.496 e. The summed E-state index contributed by atoms with van der Waals surface area (Å²) >= 11 is 3.55. The fraction of sp³-hybridized carbons (Fsp3) is 0.294. The van der Waals surface area contributed by atoms with Gasteiger partial charge in [0, 0.05) is 6.42 Å². The first-order chi connectivity index (χ1) is 10.2. The SMILES string of the molecule is CNC(c1ccc(OC)c(Br)c1)C1Cc2ccccc2O1. The van der Waals surface area contributed by atoms with E-state index >= 15 is 0 Å². The molecule has 0 amide bonds. The van der Waals surface area contributed by atoms with Crippen LogP contribution in [-0.4, -0.2) is 20.3 Å². The minimum Gasteiger partial charge on any atom is -0.496 e. The van der Waals surface area contributed by atoms with Gasteiger partial charge in [-0.15, -0.1) is 0 Å². The second kappa shape index (κ2) is 6.08. The molecule has 2 atom stereocenters. The summed E-state index contributed by atoms with van der Waals surface area (Å²) < 4.78 is 12.3. The molecule has 3 rings (SSSR count). The Morgan fingerprint density at radius 1 is 1.29 bits per heavy atom. The number of likely N-dealkylation sites (N-methyl/N-ethyl adjacent to an activating group) is 1. The first kappa shape index (κ1) is 14.4. The van der Waals surface area contributed by atoms with Gasteiger partial charge in [0.05, 0.1) is 17.6 Å². The van der Waals surface area contributed by atoms with Gasteiger partial charge in [-0.05, 0) is 52.3 Å². The fourth-order valence-electron chi connectivity index (χ4n) is 2.84. The van der Waals surface area contributed by atoms with E-state index in [4.69, 9.17) is 9.47 Å². The summed E-state index contributed by atoms with van der Waals surface area (Å²) in [6, 6.07) is 14.5. The van der Waals surface area contributed by atoms with E-state index in [1.54, 1.807) is 7.11 Å². The fourth-order valence-corrected chi connectivity index (χ4v) is 3.40. The first-order valence-corrected chi connectivity index (χ1v) is 7.77. The predicted octanol–water partition coefficient (Wildman–Crippen LogP) is 3.72. The topological polar surface area (TPSA) is 30.5 Å². The van der Waals surface area contributed by atoms with Gasteiger partial charge in [0.1, 0.15) is 17.6 Å². The van der Waals surface area contributed by atoms with Crippen molar-refractivity contribution in [1.29, 1.82) is 0 Å². The van der Waals surface area contributed by atoms with Crippen LogP contribution in [0.3, 0.4) is 0 Å². The van der Waals surface area contributed by atoms with Gasteiger partial charge in [0.15, 0.2) is 0 Å². The number of halogens is 1. The van der Waals surface area contributed by atoms with Crippen molar-refractivity contribution in [2.45, 2.75) is 18.6 Å². The third-order valence-electron chi connectivity index (χ3n) is 3.89. The van der Waals surface area contributed by atoms with Crippen LogP contribution in [0, 0.1) is 0 Å². The number of benzene rings is 2. The average Bonchev–Trinajstić information content (AvgIpc) is 2.91. The molecule has 0 radical (unpaired) electrons. The number of hydrogen-bond donors (Lipinski definition) is 1. The van der Waals surface area contributed by atoms with Gasteiger partial charge in [-0.1, -0.05) is 24.3 Å². The van der Waals surface area contributed by atoms with Crippen molar-refractivity contribution in [3.8, 4) is 11.5 Å². The van der Waals surface area contributed by atoms with Gasteiger partial charge in [-0.3, -0.25) is 0 Å². The summed E-state index contributed by atoms with van der Waals surface area (Å²) in [5.41, 5.74) is 2.46. The van der Waals surface area contributed by atoms with Crippen LogP contribution in [0.5, 0.6) is 11.5 Å². The van der Waals surface area contributed by atoms with Gasteiger partial charge in [0.2, 0.25) is 0 Å². The molecule has 2 unspecified atom stereocenters. The monoisotopic (exact) mass is 347 g/mol. The van der Waals surface area contributed by atoms with Crippen LogP contribution in [0.4, 0.5) is 0 Å². The normalized spacial score (nSPS) is 18.0. The van der Waals surface area contributed by atoms with E-state index in [1.165, 1.54) is 11.1 Å². The maximum atomic E-state index is 6.10. The molecule has 0 bridgehead atoms. The highest BCUT2D eigenvalue weighted by molar-refractivity contribution is 9.10. The maximum absolute atomic E-state index is 6.10. The van der Waals surface area contributed by atoms with Crippen LogP contribution in [-0.2, 0) is 6.42 Å². The molecule has 0 aromatic heterocycles. The van der Waals surface area contributed by atoms with E-state index in [-0.39, 0.29) is 12.1 Å². The summed E-state index contributed by atoms with van der Waals surface area (Å²) in [7, 11) is 3.64. The Morgan fingerprint density at radius 2 is 2.10 bits per heavy atom. The number of ether oxygens (including phenoxy) is 2. The van der Waals surface area contributed by atoms with Crippen molar-refractivity contribution >= 4 is 15.9 Å². The standard InChI is InChI=1S/C17H18BrNO2/c1-19-17(12-7-8-15(20-2)13(18)9-12)16-10-11-5-3-4-6-14(11)21-16/h3-9,16-17,19H,10H2,1-2H3. The van der Waals surface area contributed by atoms with Crippen molar-refractivity contribution in [3.05, 3.63) is 58.1 Å². The third kappa shape index (κ3) is 2.78. The lowest BCUT2D eigenvalue weighted by atomic mass is 9.98. The van der Waals surface area contributed by atoms with E-state index in [1.807, 2.05) is 25.2 Å². The molecule has 2 aromatic carbocycles. The van der Waals surface area contributed by atoms with Crippen LogP contribution in [0.25, 0.3) is 0 Å². The predicted molar refractivity (Wildman–Crippen MR) is 87.1 cm³/mol. The molecule has 3 nitrogen and oxygen atoms in total. The van der Waals surface area contributed by atoms with E-state index in [0.29, 0.717) is 0 Å². The molecule has 2 aromatic rings. The summed E-state index contributed by atoms with van der Waals surface area (Å²) in [6.45, 7) is 0. The minimum absolute atomic E-state index is 0.104. The number of rotatable bonds is 4. The zero-order chi connectivity index (χ0) is 14.8. The summed E-state index contributed by atoms with van der Waals surface area (Å²) in [6.07, 6.45) is 1.03. The third-order valence-corrected chi connectivity index (χ3v) is 4.51. The zero-order valence-corrected chi connectivity index (χ0v) is 13.7. The van der Waals surface area contributed by atoms with Crippen LogP contribution in [0.15, 0.2) is 46.9 Å². The molecule has 110 valence electrons. The molecule has 21 heavy (non-hydrogen) atoms. The van der Waals surface area contributed by atoms with Crippen LogP contribution in [0.2, 0.25) is 0 Å². The smallest absolute Gasteiger partial charge is 0.133 e. The zero-order valence-electron chi connectivity index (χ0n) is 12.1. The van der Waals surface area contributed by atoms with Crippen molar-refractivity contribution < 1.29 is 9.47 Å². The Labute approximate surface area is 133 Å². The first-order valence-electron chi connectivity index (χ1n) is 6.98. The molecule has 1 N–H and O–H groups in total. The van der Waals surface area contributed by atoms with E-state index < -0.39 is 0 Å². The second-order valence-electron chi connectivity index (χ2n) is 5.13. The molecular weight excluding hydrogens is 330 g/mol. The van der Waals surface area contributed by atoms with Crippen molar-refractivity contribution in [1.82, 2.24) is 5.32 Å².